The van der Waals surface area contributed by atoms with E-state index in [1.165, 1.54) is 0 Å². The minimum absolute atomic E-state index is 0.333. The van der Waals surface area contributed by atoms with Crippen LogP contribution in [-0.4, -0.2) is 16.4 Å². The Bertz CT molecular complexity index is 596. The summed E-state index contributed by atoms with van der Waals surface area (Å²) in [6.07, 6.45) is 0. The standard InChI is InChI=1S/C13H12ClN3O/c1-3-18-11-6-4-10(5-7-11)17-13(14)12(8-15)9(2)16-17/h4-7H,3H2,1-2H3. The molecule has 0 atom stereocenters. The number of hydrogen-bond donors (Lipinski definition) is 0. The lowest BCUT2D eigenvalue weighted by molar-refractivity contribution is 0.340. The molecule has 5 heteroatoms. The van der Waals surface area contributed by atoms with Crippen molar-refractivity contribution in [3.8, 4) is 17.5 Å². The van der Waals surface area contributed by atoms with Crippen LogP contribution in [0.4, 0.5) is 0 Å². The van der Waals surface area contributed by atoms with Gasteiger partial charge >= 0.3 is 0 Å². The van der Waals surface area contributed by atoms with Gasteiger partial charge in [0.05, 0.1) is 18.0 Å². The molecule has 0 saturated carbocycles. The highest BCUT2D eigenvalue weighted by molar-refractivity contribution is 6.31. The van der Waals surface area contributed by atoms with Gasteiger partial charge in [0.1, 0.15) is 17.4 Å². The lowest BCUT2D eigenvalue weighted by Crippen LogP contribution is -1.97. The zero-order valence-corrected chi connectivity index (χ0v) is 10.9. The van der Waals surface area contributed by atoms with Crippen LogP contribution in [0.5, 0.6) is 5.75 Å². The smallest absolute Gasteiger partial charge is 0.150 e. The maximum atomic E-state index is 8.97. The summed E-state index contributed by atoms with van der Waals surface area (Å²) >= 11 is 6.11. The minimum Gasteiger partial charge on any atom is -0.494 e. The van der Waals surface area contributed by atoms with Gasteiger partial charge in [-0.15, -0.1) is 0 Å². The third-order valence-electron chi connectivity index (χ3n) is 2.51. The highest BCUT2D eigenvalue weighted by Crippen LogP contribution is 2.23. The predicted octanol–water partition coefficient (Wildman–Crippen LogP) is 3.10. The van der Waals surface area contributed by atoms with Gasteiger partial charge in [-0.05, 0) is 38.1 Å². The van der Waals surface area contributed by atoms with Crippen LogP contribution < -0.4 is 4.74 Å². The first kappa shape index (κ1) is 12.5. The fraction of sp³-hybridized carbons (Fsp3) is 0.231. The third kappa shape index (κ3) is 2.18. The molecular formula is C13H12ClN3O. The summed E-state index contributed by atoms with van der Waals surface area (Å²) in [6, 6.07) is 9.44. The highest BCUT2D eigenvalue weighted by atomic mass is 35.5. The predicted molar refractivity (Wildman–Crippen MR) is 69.2 cm³/mol. The Morgan fingerprint density at radius 1 is 1.39 bits per heavy atom. The molecule has 0 saturated heterocycles. The zero-order valence-electron chi connectivity index (χ0n) is 10.1. The number of aryl methyl sites for hydroxylation is 1. The van der Waals surface area contributed by atoms with Gasteiger partial charge in [-0.1, -0.05) is 11.6 Å². The Labute approximate surface area is 110 Å². The number of nitriles is 1. The molecule has 0 unspecified atom stereocenters. The molecule has 0 aliphatic heterocycles. The molecule has 0 aliphatic carbocycles. The number of ether oxygens (including phenoxy) is 1. The first-order chi connectivity index (χ1) is 8.67. The second-order valence-corrected chi connectivity index (χ2v) is 4.06. The monoisotopic (exact) mass is 261 g/mol. The van der Waals surface area contributed by atoms with Crippen molar-refractivity contribution in [2.45, 2.75) is 13.8 Å². The van der Waals surface area contributed by atoms with Crippen molar-refractivity contribution >= 4 is 11.6 Å². The van der Waals surface area contributed by atoms with Crippen LogP contribution in [0.2, 0.25) is 5.15 Å². The summed E-state index contributed by atoms with van der Waals surface area (Å²) in [5, 5.41) is 13.5. The van der Waals surface area contributed by atoms with E-state index in [4.69, 9.17) is 21.6 Å². The van der Waals surface area contributed by atoms with Crippen molar-refractivity contribution in [1.82, 2.24) is 9.78 Å². The van der Waals surface area contributed by atoms with Crippen LogP contribution in [0.15, 0.2) is 24.3 Å². The molecular weight excluding hydrogens is 250 g/mol. The largest absolute Gasteiger partial charge is 0.494 e. The van der Waals surface area contributed by atoms with Crippen LogP contribution in [0.25, 0.3) is 5.69 Å². The van der Waals surface area contributed by atoms with Crippen LogP contribution in [-0.2, 0) is 0 Å². The van der Waals surface area contributed by atoms with E-state index in [0.29, 0.717) is 23.0 Å². The summed E-state index contributed by atoms with van der Waals surface area (Å²) in [5.74, 6) is 0.793. The van der Waals surface area contributed by atoms with E-state index < -0.39 is 0 Å². The molecule has 18 heavy (non-hydrogen) atoms. The van der Waals surface area contributed by atoms with Gasteiger partial charge in [-0.3, -0.25) is 0 Å². The second-order valence-electron chi connectivity index (χ2n) is 3.70. The van der Waals surface area contributed by atoms with Crippen LogP contribution >= 0.6 is 11.6 Å². The van der Waals surface area contributed by atoms with Gasteiger partial charge in [0.25, 0.3) is 0 Å². The molecule has 2 aromatic rings. The molecule has 1 heterocycles. The van der Waals surface area contributed by atoms with E-state index in [0.717, 1.165) is 11.4 Å². The lowest BCUT2D eigenvalue weighted by atomic mass is 10.3. The molecule has 0 fully saturated rings. The van der Waals surface area contributed by atoms with Gasteiger partial charge in [0, 0.05) is 0 Å². The summed E-state index contributed by atoms with van der Waals surface area (Å²) < 4.78 is 6.91. The summed E-state index contributed by atoms with van der Waals surface area (Å²) in [6.45, 7) is 4.32. The van der Waals surface area contributed by atoms with E-state index in [9.17, 15) is 0 Å². The number of halogens is 1. The minimum atomic E-state index is 0.333. The van der Waals surface area contributed by atoms with E-state index in [2.05, 4.69) is 5.10 Å². The van der Waals surface area contributed by atoms with Crippen LogP contribution in [0.3, 0.4) is 0 Å². The van der Waals surface area contributed by atoms with Crippen molar-refractivity contribution in [2.24, 2.45) is 0 Å². The normalized spacial score (nSPS) is 10.1. The average Bonchev–Trinajstić information content (AvgIpc) is 2.66. The van der Waals surface area contributed by atoms with Crippen molar-refractivity contribution in [3.05, 3.63) is 40.7 Å². The number of hydrogen-bond acceptors (Lipinski definition) is 3. The van der Waals surface area contributed by atoms with Gasteiger partial charge in [-0.25, -0.2) is 4.68 Å². The highest BCUT2D eigenvalue weighted by Gasteiger charge is 2.13. The fourth-order valence-electron chi connectivity index (χ4n) is 1.65. The zero-order chi connectivity index (χ0) is 13.1. The molecule has 0 N–H and O–H groups in total. The first-order valence-corrected chi connectivity index (χ1v) is 5.93. The molecule has 0 aliphatic rings. The fourth-order valence-corrected chi connectivity index (χ4v) is 1.96. The van der Waals surface area contributed by atoms with Gasteiger partial charge in [0.15, 0.2) is 5.15 Å². The van der Waals surface area contributed by atoms with E-state index in [-0.39, 0.29) is 0 Å². The second kappa shape index (κ2) is 5.11. The van der Waals surface area contributed by atoms with Crippen LogP contribution in [0.1, 0.15) is 18.2 Å². The van der Waals surface area contributed by atoms with Crippen molar-refractivity contribution < 1.29 is 4.74 Å². The van der Waals surface area contributed by atoms with Gasteiger partial charge < -0.3 is 4.74 Å². The lowest BCUT2D eigenvalue weighted by Gasteiger charge is -2.05. The number of aromatic nitrogens is 2. The molecule has 0 bridgehead atoms. The third-order valence-corrected chi connectivity index (χ3v) is 2.86. The Kier molecular flexibility index (Phi) is 3.54. The quantitative estimate of drug-likeness (QED) is 0.853. The van der Waals surface area contributed by atoms with E-state index in [1.807, 2.05) is 37.3 Å². The SMILES string of the molecule is CCOc1ccc(-n2nc(C)c(C#N)c2Cl)cc1. The first-order valence-electron chi connectivity index (χ1n) is 5.55. The molecule has 2 rings (SSSR count). The Hall–Kier alpha value is -1.99. The van der Waals surface area contributed by atoms with Gasteiger partial charge in [-0.2, -0.15) is 10.4 Å². The summed E-state index contributed by atoms with van der Waals surface area (Å²) in [5.41, 5.74) is 1.83. The Morgan fingerprint density at radius 3 is 2.56 bits per heavy atom. The molecule has 0 amide bonds. The van der Waals surface area contributed by atoms with Crippen molar-refractivity contribution in [3.63, 3.8) is 0 Å². The topological polar surface area (TPSA) is 50.8 Å². The molecule has 1 aromatic heterocycles. The molecule has 0 spiro atoms. The van der Waals surface area contributed by atoms with E-state index in [1.54, 1.807) is 11.6 Å². The number of rotatable bonds is 3. The maximum absolute atomic E-state index is 8.97. The van der Waals surface area contributed by atoms with Crippen LogP contribution in [0, 0.1) is 18.3 Å². The van der Waals surface area contributed by atoms with Crippen molar-refractivity contribution in [2.75, 3.05) is 6.61 Å². The molecule has 1 aromatic carbocycles. The maximum Gasteiger partial charge on any atom is 0.150 e. The molecule has 0 radical (unpaired) electrons. The average molecular weight is 262 g/mol. The Morgan fingerprint density at radius 2 is 2.06 bits per heavy atom. The number of nitrogens with zero attached hydrogens (tertiary/aromatic N) is 3. The summed E-state index contributed by atoms with van der Waals surface area (Å²) in [4.78, 5) is 0. The van der Waals surface area contributed by atoms with Gasteiger partial charge in [0.2, 0.25) is 0 Å². The Balaban J connectivity index is 2.40. The summed E-state index contributed by atoms with van der Waals surface area (Å²) in [7, 11) is 0. The van der Waals surface area contributed by atoms with E-state index >= 15 is 0 Å². The molecule has 92 valence electrons. The number of benzene rings is 1. The molecule has 4 nitrogen and oxygen atoms in total. The van der Waals surface area contributed by atoms with Crippen molar-refractivity contribution in [1.29, 1.82) is 5.26 Å².